The first-order valence-electron chi connectivity index (χ1n) is 6.95. The van der Waals surface area contributed by atoms with Gasteiger partial charge in [0.05, 0.1) is 4.90 Å². The second-order valence-corrected chi connectivity index (χ2v) is 7.26. The third kappa shape index (κ3) is 4.17. The molecule has 2 rings (SSSR count). The van der Waals surface area contributed by atoms with E-state index in [1.54, 1.807) is 4.90 Å². The SMILES string of the molecule is Nc1cc(F)cc(S(=O)(=O)CC(=O)N2CCCCCC2)c1. The molecule has 1 aliphatic rings. The van der Waals surface area contributed by atoms with Crippen LogP contribution in [0.4, 0.5) is 10.1 Å². The number of halogens is 1. The lowest BCUT2D eigenvalue weighted by atomic mass is 10.2. The van der Waals surface area contributed by atoms with Gasteiger partial charge in [-0.25, -0.2) is 12.8 Å². The van der Waals surface area contributed by atoms with E-state index in [9.17, 15) is 17.6 Å². The molecule has 0 radical (unpaired) electrons. The zero-order valence-corrected chi connectivity index (χ0v) is 12.5. The van der Waals surface area contributed by atoms with Gasteiger partial charge in [-0.05, 0) is 31.0 Å². The van der Waals surface area contributed by atoms with Crippen molar-refractivity contribution in [1.82, 2.24) is 4.90 Å². The van der Waals surface area contributed by atoms with E-state index < -0.39 is 27.3 Å². The average Bonchev–Trinajstić information content (AvgIpc) is 2.65. The van der Waals surface area contributed by atoms with Crippen LogP contribution in [0, 0.1) is 5.82 Å². The van der Waals surface area contributed by atoms with Crippen LogP contribution in [-0.2, 0) is 14.6 Å². The van der Waals surface area contributed by atoms with Crippen molar-refractivity contribution in [3.05, 3.63) is 24.0 Å². The van der Waals surface area contributed by atoms with Gasteiger partial charge in [-0.1, -0.05) is 12.8 Å². The fourth-order valence-corrected chi connectivity index (χ4v) is 3.70. The van der Waals surface area contributed by atoms with Crippen LogP contribution in [0.1, 0.15) is 25.7 Å². The number of carbonyl (C=O) groups excluding carboxylic acids is 1. The number of nitrogen functional groups attached to an aromatic ring is 1. The van der Waals surface area contributed by atoms with Crippen molar-refractivity contribution >= 4 is 21.4 Å². The van der Waals surface area contributed by atoms with Crippen LogP contribution in [0.5, 0.6) is 0 Å². The van der Waals surface area contributed by atoms with Gasteiger partial charge in [0, 0.05) is 18.8 Å². The molecule has 1 aliphatic heterocycles. The Kier molecular flexibility index (Phi) is 4.82. The number of sulfone groups is 1. The molecular weight excluding hydrogens is 295 g/mol. The van der Waals surface area contributed by atoms with Crippen molar-refractivity contribution in [3.8, 4) is 0 Å². The number of likely N-dealkylation sites (tertiary alicyclic amines) is 1. The van der Waals surface area contributed by atoms with Gasteiger partial charge in [0.25, 0.3) is 0 Å². The molecule has 0 aliphatic carbocycles. The quantitative estimate of drug-likeness (QED) is 0.859. The third-order valence-corrected chi connectivity index (χ3v) is 5.11. The van der Waals surface area contributed by atoms with Crippen molar-refractivity contribution in [2.75, 3.05) is 24.6 Å². The lowest BCUT2D eigenvalue weighted by Gasteiger charge is -2.20. The number of nitrogens with two attached hydrogens (primary N) is 1. The summed E-state index contributed by atoms with van der Waals surface area (Å²) in [6.45, 7) is 1.17. The van der Waals surface area contributed by atoms with Crippen molar-refractivity contribution < 1.29 is 17.6 Å². The van der Waals surface area contributed by atoms with Gasteiger partial charge in [0.15, 0.2) is 9.84 Å². The van der Waals surface area contributed by atoms with Gasteiger partial charge < -0.3 is 10.6 Å². The van der Waals surface area contributed by atoms with E-state index in [0.717, 1.165) is 37.8 Å². The first-order valence-corrected chi connectivity index (χ1v) is 8.60. The lowest BCUT2D eigenvalue weighted by molar-refractivity contribution is -0.128. The molecule has 0 aromatic heterocycles. The van der Waals surface area contributed by atoms with Gasteiger partial charge in [-0.2, -0.15) is 0 Å². The molecule has 0 unspecified atom stereocenters. The molecule has 1 aromatic rings. The summed E-state index contributed by atoms with van der Waals surface area (Å²) in [5.74, 6) is -1.80. The number of hydrogen-bond acceptors (Lipinski definition) is 4. The van der Waals surface area contributed by atoms with Crippen LogP contribution in [0.2, 0.25) is 0 Å². The van der Waals surface area contributed by atoms with Gasteiger partial charge >= 0.3 is 0 Å². The van der Waals surface area contributed by atoms with Crippen LogP contribution in [0.3, 0.4) is 0 Å². The van der Waals surface area contributed by atoms with E-state index in [2.05, 4.69) is 0 Å². The van der Waals surface area contributed by atoms with Crippen molar-refractivity contribution in [1.29, 1.82) is 0 Å². The predicted molar refractivity (Wildman–Crippen MR) is 77.9 cm³/mol. The lowest BCUT2D eigenvalue weighted by Crippen LogP contribution is -2.36. The van der Waals surface area contributed by atoms with Crippen LogP contribution >= 0.6 is 0 Å². The standard InChI is InChI=1S/C14H19FN2O3S/c15-11-7-12(16)9-13(8-11)21(19,20)10-14(18)17-5-3-1-2-4-6-17/h7-9H,1-6,10,16H2. The Hall–Kier alpha value is -1.63. The zero-order chi connectivity index (χ0) is 15.5. The molecule has 0 atom stereocenters. The maximum Gasteiger partial charge on any atom is 0.238 e. The summed E-state index contributed by atoms with van der Waals surface area (Å²) >= 11 is 0. The molecule has 0 bridgehead atoms. The average molecular weight is 314 g/mol. The summed E-state index contributed by atoms with van der Waals surface area (Å²) in [6.07, 6.45) is 3.88. The number of hydrogen-bond donors (Lipinski definition) is 1. The molecule has 1 amide bonds. The first kappa shape index (κ1) is 15.8. The molecule has 21 heavy (non-hydrogen) atoms. The van der Waals surface area contributed by atoms with Crippen LogP contribution in [-0.4, -0.2) is 38.1 Å². The molecule has 2 N–H and O–H groups in total. The smallest absolute Gasteiger partial charge is 0.238 e. The van der Waals surface area contributed by atoms with Crippen LogP contribution in [0.15, 0.2) is 23.1 Å². The Morgan fingerprint density at radius 1 is 1.14 bits per heavy atom. The maximum absolute atomic E-state index is 13.3. The number of carbonyl (C=O) groups is 1. The van der Waals surface area contributed by atoms with E-state index in [-0.39, 0.29) is 10.6 Å². The molecule has 1 heterocycles. The van der Waals surface area contributed by atoms with E-state index in [1.165, 1.54) is 6.07 Å². The second kappa shape index (κ2) is 6.43. The largest absolute Gasteiger partial charge is 0.399 e. The molecule has 5 nitrogen and oxygen atoms in total. The van der Waals surface area contributed by atoms with Gasteiger partial charge in [-0.3, -0.25) is 4.79 Å². The Balaban J connectivity index is 2.14. The minimum Gasteiger partial charge on any atom is -0.399 e. The number of anilines is 1. The zero-order valence-electron chi connectivity index (χ0n) is 11.7. The molecule has 1 fully saturated rings. The van der Waals surface area contributed by atoms with Crippen LogP contribution in [0.25, 0.3) is 0 Å². The normalized spacial score (nSPS) is 16.5. The summed E-state index contributed by atoms with van der Waals surface area (Å²) in [6, 6.07) is 3.10. The fourth-order valence-electron chi connectivity index (χ4n) is 2.42. The number of rotatable bonds is 3. The molecule has 0 spiro atoms. The molecule has 116 valence electrons. The van der Waals surface area contributed by atoms with Crippen molar-refractivity contribution in [3.63, 3.8) is 0 Å². The molecule has 1 saturated heterocycles. The van der Waals surface area contributed by atoms with E-state index in [0.29, 0.717) is 13.1 Å². The monoisotopic (exact) mass is 314 g/mol. The Morgan fingerprint density at radius 3 is 2.33 bits per heavy atom. The predicted octanol–water partition coefficient (Wildman–Crippen LogP) is 1.58. The highest BCUT2D eigenvalue weighted by atomic mass is 32.2. The number of amides is 1. The summed E-state index contributed by atoms with van der Waals surface area (Å²) < 4.78 is 37.7. The Morgan fingerprint density at radius 2 is 1.76 bits per heavy atom. The first-order chi connectivity index (χ1) is 9.88. The van der Waals surface area contributed by atoms with Gasteiger partial charge in [0.1, 0.15) is 11.6 Å². The van der Waals surface area contributed by atoms with Gasteiger partial charge in [0.2, 0.25) is 5.91 Å². The van der Waals surface area contributed by atoms with Crippen molar-refractivity contribution in [2.24, 2.45) is 0 Å². The van der Waals surface area contributed by atoms with E-state index in [1.807, 2.05) is 0 Å². The number of benzene rings is 1. The minimum absolute atomic E-state index is 0.0239. The molecule has 0 saturated carbocycles. The second-order valence-electron chi connectivity index (χ2n) is 5.27. The summed E-state index contributed by atoms with van der Waals surface area (Å²) in [5, 5.41) is 0. The minimum atomic E-state index is -3.88. The topological polar surface area (TPSA) is 80.5 Å². The summed E-state index contributed by atoms with van der Waals surface area (Å²) in [7, 11) is -3.88. The molecule has 7 heteroatoms. The van der Waals surface area contributed by atoms with Crippen molar-refractivity contribution in [2.45, 2.75) is 30.6 Å². The Labute approximate surface area is 123 Å². The fraction of sp³-hybridized carbons (Fsp3) is 0.500. The highest BCUT2D eigenvalue weighted by molar-refractivity contribution is 7.92. The highest BCUT2D eigenvalue weighted by Crippen LogP contribution is 2.18. The number of nitrogens with zero attached hydrogens (tertiary/aromatic N) is 1. The van der Waals surface area contributed by atoms with Crippen LogP contribution < -0.4 is 5.73 Å². The highest BCUT2D eigenvalue weighted by Gasteiger charge is 2.24. The molecule has 1 aromatic carbocycles. The summed E-state index contributed by atoms with van der Waals surface area (Å²) in [5.41, 5.74) is 5.47. The third-order valence-electron chi connectivity index (χ3n) is 3.53. The Bertz CT molecular complexity index is 603. The maximum atomic E-state index is 13.3. The van der Waals surface area contributed by atoms with E-state index in [4.69, 9.17) is 5.73 Å². The summed E-state index contributed by atoms with van der Waals surface area (Å²) in [4.78, 5) is 13.5. The van der Waals surface area contributed by atoms with Gasteiger partial charge in [-0.15, -0.1) is 0 Å². The van der Waals surface area contributed by atoms with E-state index >= 15 is 0 Å². The molecular formula is C14H19FN2O3S.